The van der Waals surface area contributed by atoms with Crippen molar-refractivity contribution in [3.05, 3.63) is 54.0 Å². The van der Waals surface area contributed by atoms with E-state index in [-0.39, 0.29) is 6.04 Å². The second-order valence-corrected chi connectivity index (χ2v) is 5.94. The lowest BCUT2D eigenvalue weighted by Crippen LogP contribution is -2.39. The molecule has 1 saturated heterocycles. The van der Waals surface area contributed by atoms with Gasteiger partial charge in [0, 0.05) is 31.0 Å². The summed E-state index contributed by atoms with van der Waals surface area (Å²) in [5, 5.41) is 5.38. The van der Waals surface area contributed by atoms with Crippen LogP contribution in [0.4, 0.5) is 33.9 Å². The molecule has 1 aliphatic heterocycles. The Labute approximate surface area is 147 Å². The number of nitrogens with one attached hydrogen (secondary N) is 2. The predicted molar refractivity (Wildman–Crippen MR) is 88.4 cm³/mol. The number of halogens is 4. The first kappa shape index (κ1) is 18.0. The minimum Gasteiger partial charge on any atom is -0.354 e. The number of urea groups is 1. The highest BCUT2D eigenvalue weighted by molar-refractivity contribution is 5.89. The van der Waals surface area contributed by atoms with E-state index in [9.17, 15) is 22.4 Å². The maximum absolute atomic E-state index is 12.8. The quantitative estimate of drug-likeness (QED) is 0.814. The third-order valence-corrected chi connectivity index (χ3v) is 4.02. The van der Waals surface area contributed by atoms with Crippen molar-refractivity contribution in [3.8, 4) is 0 Å². The van der Waals surface area contributed by atoms with E-state index in [1.54, 1.807) is 0 Å². The summed E-state index contributed by atoms with van der Waals surface area (Å²) in [5.41, 5.74) is -0.336. The molecule has 1 unspecified atom stereocenters. The Morgan fingerprint density at radius 3 is 2.50 bits per heavy atom. The van der Waals surface area contributed by atoms with Crippen LogP contribution in [0.25, 0.3) is 0 Å². The zero-order valence-electron chi connectivity index (χ0n) is 13.6. The molecule has 0 spiro atoms. The summed E-state index contributed by atoms with van der Waals surface area (Å²) in [5.74, 6) is 0.0349. The van der Waals surface area contributed by atoms with E-state index in [4.69, 9.17) is 0 Å². The number of hydrogen-bond acceptors (Lipinski definition) is 3. The third kappa shape index (κ3) is 4.41. The van der Waals surface area contributed by atoms with Gasteiger partial charge in [-0.3, -0.25) is 0 Å². The van der Waals surface area contributed by atoms with E-state index in [0.29, 0.717) is 31.0 Å². The fourth-order valence-electron chi connectivity index (χ4n) is 2.71. The second-order valence-electron chi connectivity index (χ2n) is 5.94. The highest BCUT2D eigenvalue weighted by Gasteiger charge is 2.31. The van der Waals surface area contributed by atoms with Gasteiger partial charge in [0.05, 0.1) is 5.56 Å². The summed E-state index contributed by atoms with van der Waals surface area (Å²) in [6, 6.07) is 7.09. The number of nitrogens with zero attached hydrogens (tertiary/aromatic N) is 2. The van der Waals surface area contributed by atoms with Crippen molar-refractivity contribution in [2.45, 2.75) is 18.6 Å². The van der Waals surface area contributed by atoms with Crippen LogP contribution >= 0.6 is 0 Å². The lowest BCUT2D eigenvalue weighted by molar-refractivity contribution is -0.137. The molecule has 2 heterocycles. The number of amides is 2. The highest BCUT2D eigenvalue weighted by atomic mass is 19.4. The monoisotopic (exact) mass is 368 g/mol. The van der Waals surface area contributed by atoms with Crippen LogP contribution in [-0.4, -0.2) is 30.1 Å². The Bertz CT molecular complexity index is 762. The molecule has 2 aromatic rings. The normalized spacial score (nSPS) is 17.2. The zero-order chi connectivity index (χ0) is 18.7. The van der Waals surface area contributed by atoms with Crippen LogP contribution in [0, 0.1) is 5.82 Å². The summed E-state index contributed by atoms with van der Waals surface area (Å²) in [6.07, 6.45) is -2.98. The Morgan fingerprint density at radius 2 is 1.88 bits per heavy atom. The van der Waals surface area contributed by atoms with Crippen LogP contribution in [0.1, 0.15) is 12.0 Å². The molecule has 1 atom stereocenters. The molecule has 26 heavy (non-hydrogen) atoms. The van der Waals surface area contributed by atoms with Gasteiger partial charge in [-0.05, 0) is 42.8 Å². The molecule has 1 fully saturated rings. The number of carbonyl (C=O) groups excluding carboxylic acids is 1. The van der Waals surface area contributed by atoms with Crippen molar-refractivity contribution in [1.29, 1.82) is 0 Å². The Kier molecular flexibility index (Phi) is 4.97. The molecule has 2 N–H and O–H groups in total. The molecule has 0 radical (unpaired) electrons. The van der Waals surface area contributed by atoms with E-state index in [1.807, 2.05) is 4.90 Å². The van der Waals surface area contributed by atoms with Crippen molar-refractivity contribution in [2.24, 2.45) is 0 Å². The summed E-state index contributed by atoms with van der Waals surface area (Å²) < 4.78 is 50.6. The molecule has 0 bridgehead atoms. The molecule has 1 aliphatic rings. The minimum absolute atomic E-state index is 0.167. The van der Waals surface area contributed by atoms with Gasteiger partial charge in [0.25, 0.3) is 0 Å². The van der Waals surface area contributed by atoms with Gasteiger partial charge in [0.2, 0.25) is 0 Å². The first-order valence-corrected chi connectivity index (χ1v) is 7.92. The molecule has 0 saturated carbocycles. The van der Waals surface area contributed by atoms with Crippen LogP contribution in [0.15, 0.2) is 42.6 Å². The number of rotatable bonds is 3. The van der Waals surface area contributed by atoms with E-state index >= 15 is 0 Å². The number of benzene rings is 1. The van der Waals surface area contributed by atoms with E-state index in [1.165, 1.54) is 30.3 Å². The summed E-state index contributed by atoms with van der Waals surface area (Å²) in [4.78, 5) is 17.6. The average molecular weight is 368 g/mol. The maximum Gasteiger partial charge on any atom is 0.417 e. The minimum atomic E-state index is -4.42. The lowest BCUT2D eigenvalue weighted by atomic mass is 10.2. The fourth-order valence-corrected chi connectivity index (χ4v) is 2.71. The number of aromatic nitrogens is 1. The van der Waals surface area contributed by atoms with Gasteiger partial charge in [0.1, 0.15) is 11.6 Å². The molecule has 3 rings (SSSR count). The summed E-state index contributed by atoms with van der Waals surface area (Å²) in [6.45, 7) is 1.01. The molecule has 5 nitrogen and oxygen atoms in total. The van der Waals surface area contributed by atoms with Gasteiger partial charge >= 0.3 is 12.2 Å². The SMILES string of the molecule is O=C(Nc1ccc(F)cc1)NC1CCN(c2ccc(C(F)(F)F)cn2)C1. The Hall–Kier alpha value is -2.84. The molecular weight excluding hydrogens is 352 g/mol. The van der Waals surface area contributed by atoms with Crippen molar-refractivity contribution in [2.75, 3.05) is 23.3 Å². The standard InChI is InChI=1S/C17H16F4N4O/c18-12-2-4-13(5-3-12)23-16(26)24-14-7-8-25(10-14)15-6-1-11(9-22-15)17(19,20)21/h1-6,9,14H,7-8,10H2,(H2,23,24,26). The van der Waals surface area contributed by atoms with Crippen molar-refractivity contribution < 1.29 is 22.4 Å². The summed E-state index contributed by atoms with van der Waals surface area (Å²) >= 11 is 0. The zero-order valence-corrected chi connectivity index (χ0v) is 13.6. The van der Waals surface area contributed by atoms with Crippen LogP contribution in [0.2, 0.25) is 0 Å². The van der Waals surface area contributed by atoms with E-state index in [2.05, 4.69) is 15.6 Å². The van der Waals surface area contributed by atoms with Gasteiger partial charge in [0.15, 0.2) is 0 Å². The first-order chi connectivity index (χ1) is 12.3. The molecule has 138 valence electrons. The number of pyridine rings is 1. The van der Waals surface area contributed by atoms with Gasteiger partial charge in [-0.25, -0.2) is 14.2 Å². The smallest absolute Gasteiger partial charge is 0.354 e. The van der Waals surface area contributed by atoms with Crippen LogP contribution in [0.5, 0.6) is 0 Å². The molecule has 1 aromatic carbocycles. The van der Waals surface area contributed by atoms with Crippen LogP contribution < -0.4 is 15.5 Å². The topological polar surface area (TPSA) is 57.3 Å². The first-order valence-electron chi connectivity index (χ1n) is 7.92. The van der Waals surface area contributed by atoms with E-state index < -0.39 is 23.6 Å². The molecule has 2 amide bonds. The Morgan fingerprint density at radius 1 is 1.15 bits per heavy atom. The third-order valence-electron chi connectivity index (χ3n) is 4.02. The number of carbonyl (C=O) groups is 1. The van der Waals surface area contributed by atoms with Gasteiger partial charge < -0.3 is 15.5 Å². The van der Waals surface area contributed by atoms with E-state index in [0.717, 1.165) is 12.3 Å². The molecule has 0 aliphatic carbocycles. The summed E-state index contributed by atoms with van der Waals surface area (Å²) in [7, 11) is 0. The second kappa shape index (κ2) is 7.19. The Balaban J connectivity index is 1.53. The molecule has 1 aromatic heterocycles. The van der Waals surface area contributed by atoms with Crippen molar-refractivity contribution in [1.82, 2.24) is 10.3 Å². The fraction of sp³-hybridized carbons (Fsp3) is 0.294. The number of hydrogen-bond donors (Lipinski definition) is 2. The van der Waals surface area contributed by atoms with Crippen molar-refractivity contribution in [3.63, 3.8) is 0 Å². The number of anilines is 2. The van der Waals surface area contributed by atoms with Gasteiger partial charge in [-0.15, -0.1) is 0 Å². The van der Waals surface area contributed by atoms with Crippen LogP contribution in [0.3, 0.4) is 0 Å². The van der Waals surface area contributed by atoms with Crippen molar-refractivity contribution >= 4 is 17.5 Å². The highest BCUT2D eigenvalue weighted by Crippen LogP contribution is 2.29. The van der Waals surface area contributed by atoms with Gasteiger partial charge in [-0.2, -0.15) is 13.2 Å². The van der Waals surface area contributed by atoms with Gasteiger partial charge in [-0.1, -0.05) is 0 Å². The molecular formula is C17H16F4N4O. The number of alkyl halides is 3. The largest absolute Gasteiger partial charge is 0.417 e. The maximum atomic E-state index is 12.8. The lowest BCUT2D eigenvalue weighted by Gasteiger charge is -2.18. The average Bonchev–Trinajstić information content (AvgIpc) is 3.04. The molecule has 9 heteroatoms. The predicted octanol–water partition coefficient (Wildman–Crippen LogP) is 3.64. The van der Waals surface area contributed by atoms with Crippen LogP contribution in [-0.2, 0) is 6.18 Å².